The van der Waals surface area contributed by atoms with Crippen LogP contribution in [0, 0.1) is 5.41 Å². The SMILES string of the molecule is CCCCCCCCCCCCc1ccc(-c2ccc(CCCCCCCCCCCC)c(CCCCCCCCCCCC)c2)cc1CCCCCCCCCCCC.O=C(O)C(C(=O)O)(C(=O)O)C(=O)O. The number of hydrogen-bond acceptors (Lipinski definition) is 4. The lowest BCUT2D eigenvalue weighted by atomic mass is 9.89. The minimum atomic E-state index is -3.83. The molecular weight excluding hydrogens is 909 g/mol. The third-order valence-corrected chi connectivity index (χ3v) is 15.2. The van der Waals surface area contributed by atoms with Crippen LogP contribution in [0.25, 0.3) is 11.1 Å². The highest BCUT2D eigenvalue weighted by atomic mass is 16.4. The number of rotatable bonds is 49. The highest BCUT2D eigenvalue weighted by Crippen LogP contribution is 2.30. The topological polar surface area (TPSA) is 149 Å². The van der Waals surface area contributed by atoms with Crippen LogP contribution < -0.4 is 0 Å². The molecule has 8 heteroatoms. The first kappa shape index (κ1) is 67.3. The minimum Gasteiger partial charge on any atom is -0.480 e. The van der Waals surface area contributed by atoms with Crippen molar-refractivity contribution < 1.29 is 39.6 Å². The standard InChI is InChI=1S/C60H106.C5H4O8/c1-5-9-13-17-21-25-29-33-37-41-45-55-49-51-59(53-57(55)47-43-39-35-31-27-23-19-15-11-7-3)60-52-50-56(46-42-38-34-30-26-22-18-14-10-6-2)58(54-60)48-44-40-36-32-28-24-20-16-12-8-4;6-1(7)5(2(8)9,3(10)11)4(12)13/h49-54H,5-48H2,1-4H3;(H,6,7)(H,8,9)(H,10,11)(H,12,13). The number of aryl methyl sites for hydroxylation is 4. The summed E-state index contributed by atoms with van der Waals surface area (Å²) in [5, 5.41) is 32.8. The Labute approximate surface area is 447 Å². The second-order valence-corrected chi connectivity index (χ2v) is 21.7. The Morgan fingerprint density at radius 2 is 0.452 bits per heavy atom. The van der Waals surface area contributed by atoms with Crippen LogP contribution >= 0.6 is 0 Å². The first-order valence-electron chi connectivity index (χ1n) is 30.7. The van der Waals surface area contributed by atoms with Crippen molar-refractivity contribution in [3.8, 4) is 11.1 Å². The Hall–Kier alpha value is -3.68. The van der Waals surface area contributed by atoms with Crippen LogP contribution in [-0.2, 0) is 44.9 Å². The maximum absolute atomic E-state index is 10.2. The highest BCUT2D eigenvalue weighted by Gasteiger charge is 2.62. The van der Waals surface area contributed by atoms with Gasteiger partial charge in [0.15, 0.2) is 0 Å². The fourth-order valence-electron chi connectivity index (χ4n) is 10.3. The fraction of sp³-hybridized carbons (Fsp3) is 0.754. The first-order chi connectivity index (χ1) is 35.5. The number of unbranched alkanes of at least 4 members (excludes halogenated alkanes) is 36. The zero-order chi connectivity index (χ0) is 53.6. The van der Waals surface area contributed by atoms with E-state index in [2.05, 4.69) is 64.1 Å². The molecule has 0 amide bonds. The van der Waals surface area contributed by atoms with Gasteiger partial charge in [0.25, 0.3) is 0 Å². The van der Waals surface area contributed by atoms with Gasteiger partial charge in [-0.1, -0.05) is 295 Å². The average molecular weight is 1020 g/mol. The molecule has 73 heavy (non-hydrogen) atoms. The molecule has 0 bridgehead atoms. The quantitative estimate of drug-likeness (QED) is 0.0378. The second kappa shape index (κ2) is 45.7. The molecule has 0 aliphatic rings. The van der Waals surface area contributed by atoms with Crippen LogP contribution in [0.15, 0.2) is 36.4 Å². The molecule has 0 heterocycles. The molecule has 0 unspecified atom stereocenters. The molecule has 2 aromatic rings. The number of carbonyl (C=O) groups is 4. The molecule has 0 fully saturated rings. The third-order valence-electron chi connectivity index (χ3n) is 15.2. The van der Waals surface area contributed by atoms with Crippen LogP contribution in [-0.4, -0.2) is 44.3 Å². The lowest BCUT2D eigenvalue weighted by Gasteiger charge is -2.16. The van der Waals surface area contributed by atoms with E-state index < -0.39 is 29.3 Å². The van der Waals surface area contributed by atoms with E-state index in [9.17, 15) is 19.2 Å². The highest BCUT2D eigenvalue weighted by molar-refractivity contribution is 6.31. The number of benzene rings is 2. The summed E-state index contributed by atoms with van der Waals surface area (Å²) in [6, 6.07) is 15.4. The molecular formula is C65H110O8. The molecule has 0 radical (unpaired) electrons. The average Bonchev–Trinajstić information content (AvgIpc) is 3.36. The molecule has 0 spiro atoms. The van der Waals surface area contributed by atoms with Crippen molar-refractivity contribution in [1.82, 2.24) is 0 Å². The summed E-state index contributed by atoms with van der Waals surface area (Å²) in [4.78, 5) is 40.8. The van der Waals surface area contributed by atoms with Crippen LogP contribution in [0.5, 0.6) is 0 Å². The van der Waals surface area contributed by atoms with E-state index in [0.717, 1.165) is 0 Å². The number of carboxylic acid groups (broad SMARTS) is 4. The summed E-state index contributed by atoms with van der Waals surface area (Å²) in [5.74, 6) is -9.83. The predicted molar refractivity (Wildman–Crippen MR) is 307 cm³/mol. The second-order valence-electron chi connectivity index (χ2n) is 21.7. The van der Waals surface area contributed by atoms with Crippen LogP contribution in [0.2, 0.25) is 0 Å². The van der Waals surface area contributed by atoms with E-state index >= 15 is 0 Å². The van der Waals surface area contributed by atoms with Gasteiger partial charge in [0.1, 0.15) is 0 Å². The number of hydrogen-bond donors (Lipinski definition) is 4. The van der Waals surface area contributed by atoms with Gasteiger partial charge in [-0.25, -0.2) is 19.2 Å². The third kappa shape index (κ3) is 31.1. The first-order valence-corrected chi connectivity index (χ1v) is 30.7. The Balaban J connectivity index is 0.00000179. The summed E-state index contributed by atoms with van der Waals surface area (Å²) in [6.45, 7) is 9.30. The van der Waals surface area contributed by atoms with Crippen molar-refractivity contribution in [1.29, 1.82) is 0 Å². The monoisotopic (exact) mass is 1020 g/mol. The summed E-state index contributed by atoms with van der Waals surface area (Å²) < 4.78 is 0. The Kier molecular flexibility index (Phi) is 42.1. The molecule has 418 valence electrons. The van der Waals surface area contributed by atoms with Gasteiger partial charge >= 0.3 is 29.3 Å². The Morgan fingerprint density at radius 3 is 0.630 bits per heavy atom. The lowest BCUT2D eigenvalue weighted by Crippen LogP contribution is -2.52. The minimum absolute atomic E-state index is 1.26. The largest absolute Gasteiger partial charge is 0.480 e. The molecule has 0 saturated carbocycles. The van der Waals surface area contributed by atoms with Crippen LogP contribution in [0.3, 0.4) is 0 Å². The van der Waals surface area contributed by atoms with E-state index in [1.165, 1.54) is 294 Å². The number of aliphatic carboxylic acids is 4. The van der Waals surface area contributed by atoms with E-state index in [4.69, 9.17) is 20.4 Å². The van der Waals surface area contributed by atoms with Gasteiger partial charge in [0.2, 0.25) is 0 Å². The normalized spacial score (nSPS) is 11.4. The van der Waals surface area contributed by atoms with Crippen molar-refractivity contribution in [2.24, 2.45) is 5.41 Å². The molecule has 0 aromatic heterocycles. The van der Waals surface area contributed by atoms with Gasteiger partial charge in [0, 0.05) is 0 Å². The summed E-state index contributed by atoms with van der Waals surface area (Å²) in [5.41, 5.74) is 5.73. The van der Waals surface area contributed by atoms with Crippen molar-refractivity contribution in [3.63, 3.8) is 0 Å². The van der Waals surface area contributed by atoms with E-state index in [0.29, 0.717) is 0 Å². The molecule has 2 rings (SSSR count). The Bertz CT molecular complexity index is 1540. The van der Waals surface area contributed by atoms with Crippen LogP contribution in [0.1, 0.15) is 307 Å². The Morgan fingerprint density at radius 1 is 0.274 bits per heavy atom. The zero-order valence-corrected chi connectivity index (χ0v) is 47.5. The lowest BCUT2D eigenvalue weighted by molar-refractivity contribution is -0.183. The maximum Gasteiger partial charge on any atom is 0.354 e. The van der Waals surface area contributed by atoms with Crippen LogP contribution in [0.4, 0.5) is 0 Å². The van der Waals surface area contributed by atoms with Gasteiger partial charge in [-0.3, -0.25) is 0 Å². The molecule has 2 aromatic carbocycles. The predicted octanol–water partition coefficient (Wildman–Crippen LogP) is 19.5. The van der Waals surface area contributed by atoms with Gasteiger partial charge in [-0.05, 0) is 84.7 Å². The molecule has 0 aliphatic carbocycles. The van der Waals surface area contributed by atoms with Crippen molar-refractivity contribution in [3.05, 3.63) is 58.7 Å². The van der Waals surface area contributed by atoms with E-state index in [1.54, 1.807) is 22.3 Å². The summed E-state index contributed by atoms with van der Waals surface area (Å²) >= 11 is 0. The molecule has 0 saturated heterocycles. The summed E-state index contributed by atoms with van der Waals surface area (Å²) in [6.07, 6.45) is 61.8. The van der Waals surface area contributed by atoms with Gasteiger partial charge in [0.05, 0.1) is 0 Å². The van der Waals surface area contributed by atoms with E-state index in [1.807, 2.05) is 0 Å². The fourth-order valence-corrected chi connectivity index (χ4v) is 10.3. The maximum atomic E-state index is 10.2. The van der Waals surface area contributed by atoms with Crippen molar-refractivity contribution in [2.75, 3.05) is 0 Å². The molecule has 8 nitrogen and oxygen atoms in total. The molecule has 4 N–H and O–H groups in total. The molecule has 0 atom stereocenters. The number of carboxylic acids is 4. The smallest absolute Gasteiger partial charge is 0.354 e. The van der Waals surface area contributed by atoms with Crippen molar-refractivity contribution >= 4 is 23.9 Å². The van der Waals surface area contributed by atoms with E-state index in [-0.39, 0.29) is 0 Å². The van der Waals surface area contributed by atoms with Gasteiger partial charge < -0.3 is 20.4 Å². The zero-order valence-electron chi connectivity index (χ0n) is 47.5. The van der Waals surface area contributed by atoms with Crippen molar-refractivity contribution in [2.45, 2.75) is 310 Å². The van der Waals surface area contributed by atoms with Gasteiger partial charge in [-0.15, -0.1) is 0 Å². The molecule has 0 aliphatic heterocycles. The summed E-state index contributed by atoms with van der Waals surface area (Å²) in [7, 11) is 0. The van der Waals surface area contributed by atoms with Gasteiger partial charge in [-0.2, -0.15) is 0 Å².